The maximum absolute atomic E-state index is 11.5. The first kappa shape index (κ1) is 14.4. The molecule has 18 heavy (non-hydrogen) atoms. The average Bonchev–Trinajstić information content (AvgIpc) is 2.72. The maximum Gasteiger partial charge on any atom is 0.352 e. The summed E-state index contributed by atoms with van der Waals surface area (Å²) < 4.78 is 12.2. The summed E-state index contributed by atoms with van der Waals surface area (Å²) in [7, 11) is -0.856. The van der Waals surface area contributed by atoms with Crippen LogP contribution in [0.5, 0.6) is 0 Å². The van der Waals surface area contributed by atoms with Gasteiger partial charge in [-0.3, -0.25) is 9.00 Å². The van der Waals surface area contributed by atoms with Crippen molar-refractivity contribution in [1.29, 1.82) is 0 Å². The van der Waals surface area contributed by atoms with Crippen molar-refractivity contribution in [3.05, 3.63) is 24.0 Å². The van der Waals surface area contributed by atoms with Gasteiger partial charge >= 0.3 is 5.97 Å². The lowest BCUT2D eigenvalue weighted by Gasteiger charge is -2.07. The molecule has 1 aromatic rings. The predicted molar refractivity (Wildman–Crippen MR) is 68.0 cm³/mol. The maximum atomic E-state index is 11.5. The third-order valence-corrected chi connectivity index (χ3v) is 3.16. The van der Waals surface area contributed by atoms with Crippen LogP contribution in [0.2, 0.25) is 0 Å². The molecule has 1 heterocycles. The van der Waals surface area contributed by atoms with E-state index in [0.717, 1.165) is 0 Å². The van der Waals surface area contributed by atoms with Gasteiger partial charge in [0.2, 0.25) is 5.91 Å². The van der Waals surface area contributed by atoms with Gasteiger partial charge in [0, 0.05) is 35.5 Å². The lowest BCUT2D eigenvalue weighted by Crippen LogP contribution is -2.29. The second kappa shape index (κ2) is 6.95. The van der Waals surface area contributed by atoms with E-state index in [1.165, 1.54) is 10.6 Å². The van der Waals surface area contributed by atoms with Crippen molar-refractivity contribution in [2.45, 2.75) is 13.0 Å². The molecule has 0 radical (unpaired) electrons. The van der Waals surface area contributed by atoms with E-state index in [0.29, 0.717) is 18.7 Å². The zero-order chi connectivity index (χ0) is 13.5. The summed E-state index contributed by atoms with van der Waals surface area (Å²) in [5.41, 5.74) is 0.0832. The number of rotatable bonds is 7. The second-order valence-corrected chi connectivity index (χ2v) is 5.36. The molecule has 1 amide bonds. The first-order valence-corrected chi connectivity index (χ1v) is 7.18. The van der Waals surface area contributed by atoms with E-state index in [4.69, 9.17) is 5.11 Å². The van der Waals surface area contributed by atoms with Crippen LogP contribution in [0.3, 0.4) is 0 Å². The van der Waals surface area contributed by atoms with Crippen LogP contribution < -0.4 is 5.32 Å². The highest BCUT2D eigenvalue weighted by Crippen LogP contribution is 2.01. The Morgan fingerprint density at radius 1 is 1.50 bits per heavy atom. The van der Waals surface area contributed by atoms with E-state index in [1.807, 2.05) is 0 Å². The van der Waals surface area contributed by atoms with Gasteiger partial charge in [0.1, 0.15) is 12.2 Å². The Morgan fingerprint density at radius 2 is 2.22 bits per heavy atom. The molecule has 0 spiro atoms. The zero-order valence-electron chi connectivity index (χ0n) is 10.1. The van der Waals surface area contributed by atoms with Crippen molar-refractivity contribution in [2.75, 3.05) is 18.6 Å². The number of nitrogens with zero attached hydrogens (tertiary/aromatic N) is 1. The van der Waals surface area contributed by atoms with Gasteiger partial charge < -0.3 is 15.0 Å². The standard InChI is InChI=1S/C11H16N2O4S/c1-18(17)7-3-5-12-10(14)8-13-6-2-4-9(13)11(15)16/h2,4,6H,3,5,7-8H2,1H3,(H,12,14)(H,15,16). The molecule has 0 saturated heterocycles. The quantitative estimate of drug-likeness (QED) is 0.688. The van der Waals surface area contributed by atoms with E-state index in [9.17, 15) is 13.8 Å². The summed E-state index contributed by atoms with van der Waals surface area (Å²) in [5, 5.41) is 11.5. The molecule has 1 rings (SSSR count). The highest BCUT2D eigenvalue weighted by molar-refractivity contribution is 7.84. The minimum atomic E-state index is -1.06. The Kier molecular flexibility index (Phi) is 5.57. The van der Waals surface area contributed by atoms with Crippen LogP contribution in [-0.2, 0) is 22.1 Å². The summed E-state index contributed by atoms with van der Waals surface area (Å²) in [6, 6.07) is 3.02. The lowest BCUT2D eigenvalue weighted by molar-refractivity contribution is -0.121. The second-order valence-electron chi connectivity index (χ2n) is 3.81. The molecule has 0 saturated carbocycles. The van der Waals surface area contributed by atoms with E-state index in [2.05, 4.69) is 5.32 Å². The van der Waals surface area contributed by atoms with Crippen molar-refractivity contribution in [3.63, 3.8) is 0 Å². The molecule has 0 aliphatic heterocycles. The molecule has 1 unspecified atom stereocenters. The van der Waals surface area contributed by atoms with Gasteiger partial charge in [-0.1, -0.05) is 0 Å². The van der Waals surface area contributed by atoms with Crippen LogP contribution in [0.4, 0.5) is 0 Å². The first-order valence-electron chi connectivity index (χ1n) is 5.46. The SMILES string of the molecule is CS(=O)CCCNC(=O)Cn1cccc1C(=O)O. The molecule has 0 fully saturated rings. The number of carbonyl (C=O) groups excluding carboxylic acids is 1. The van der Waals surface area contributed by atoms with Crippen molar-refractivity contribution in [2.24, 2.45) is 0 Å². The summed E-state index contributed by atoms with van der Waals surface area (Å²) in [4.78, 5) is 22.3. The molecule has 0 aliphatic rings. The van der Waals surface area contributed by atoms with Gasteiger partial charge in [0.05, 0.1) is 0 Å². The summed E-state index contributed by atoms with van der Waals surface area (Å²) >= 11 is 0. The van der Waals surface area contributed by atoms with Crippen molar-refractivity contribution < 1.29 is 18.9 Å². The van der Waals surface area contributed by atoms with Crippen LogP contribution >= 0.6 is 0 Å². The van der Waals surface area contributed by atoms with Crippen molar-refractivity contribution >= 4 is 22.7 Å². The summed E-state index contributed by atoms with van der Waals surface area (Å²) in [5.74, 6) is -0.769. The molecule has 7 heteroatoms. The van der Waals surface area contributed by atoms with E-state index >= 15 is 0 Å². The van der Waals surface area contributed by atoms with Gasteiger partial charge in [-0.15, -0.1) is 0 Å². The van der Waals surface area contributed by atoms with Crippen molar-refractivity contribution in [1.82, 2.24) is 9.88 Å². The number of hydrogen-bond donors (Lipinski definition) is 2. The van der Waals surface area contributed by atoms with Crippen LogP contribution in [0.15, 0.2) is 18.3 Å². The Morgan fingerprint density at radius 3 is 2.83 bits per heavy atom. The zero-order valence-corrected chi connectivity index (χ0v) is 10.9. The highest BCUT2D eigenvalue weighted by Gasteiger charge is 2.11. The lowest BCUT2D eigenvalue weighted by atomic mass is 10.4. The van der Waals surface area contributed by atoms with Crippen LogP contribution in [-0.4, -0.2) is 44.3 Å². The van der Waals surface area contributed by atoms with Crippen LogP contribution in [0.1, 0.15) is 16.9 Å². The predicted octanol–water partition coefficient (Wildman–Crippen LogP) is 0.0711. The Balaban J connectivity index is 2.38. The first-order chi connectivity index (χ1) is 8.50. The van der Waals surface area contributed by atoms with Gasteiger partial charge in [-0.05, 0) is 18.6 Å². The number of hydrogen-bond acceptors (Lipinski definition) is 3. The summed E-state index contributed by atoms with van der Waals surface area (Å²) in [6.45, 7) is 0.423. The van der Waals surface area contributed by atoms with Gasteiger partial charge in [0.15, 0.2) is 0 Å². The number of nitrogens with one attached hydrogen (secondary N) is 1. The van der Waals surface area contributed by atoms with Gasteiger partial charge in [0.25, 0.3) is 0 Å². The van der Waals surface area contributed by atoms with Crippen LogP contribution in [0.25, 0.3) is 0 Å². The minimum absolute atomic E-state index is 0.0240. The van der Waals surface area contributed by atoms with Crippen molar-refractivity contribution in [3.8, 4) is 0 Å². The smallest absolute Gasteiger partial charge is 0.352 e. The minimum Gasteiger partial charge on any atom is -0.477 e. The van der Waals surface area contributed by atoms with Gasteiger partial charge in [-0.25, -0.2) is 4.79 Å². The number of amides is 1. The van der Waals surface area contributed by atoms with E-state index < -0.39 is 16.8 Å². The third kappa shape index (κ3) is 4.70. The molecule has 6 nitrogen and oxygen atoms in total. The molecule has 0 aliphatic carbocycles. The molecule has 2 N–H and O–H groups in total. The molecule has 0 aromatic carbocycles. The molecule has 100 valence electrons. The monoisotopic (exact) mass is 272 g/mol. The van der Waals surface area contributed by atoms with Crippen LogP contribution in [0, 0.1) is 0 Å². The number of aromatic nitrogens is 1. The molecular formula is C11H16N2O4S. The molecular weight excluding hydrogens is 256 g/mol. The number of carboxylic acids is 1. The summed E-state index contributed by atoms with van der Waals surface area (Å²) in [6.07, 6.45) is 3.80. The topological polar surface area (TPSA) is 88.4 Å². The molecule has 1 aromatic heterocycles. The third-order valence-electron chi connectivity index (χ3n) is 2.29. The van der Waals surface area contributed by atoms with E-state index in [1.54, 1.807) is 18.5 Å². The largest absolute Gasteiger partial charge is 0.477 e. The normalized spacial score (nSPS) is 12.1. The number of carbonyl (C=O) groups is 2. The Bertz CT molecular complexity index is 456. The molecule has 1 atom stereocenters. The average molecular weight is 272 g/mol. The highest BCUT2D eigenvalue weighted by atomic mass is 32.2. The fraction of sp³-hybridized carbons (Fsp3) is 0.455. The van der Waals surface area contributed by atoms with E-state index in [-0.39, 0.29) is 18.1 Å². The Hall–Kier alpha value is -1.63. The molecule has 0 bridgehead atoms. The fourth-order valence-electron chi connectivity index (χ4n) is 1.46. The Labute approximate surface area is 107 Å². The fourth-order valence-corrected chi connectivity index (χ4v) is 2.01. The number of aromatic carboxylic acids is 1. The van der Waals surface area contributed by atoms with Gasteiger partial charge in [-0.2, -0.15) is 0 Å². The number of carboxylic acid groups (broad SMARTS) is 1.